The summed E-state index contributed by atoms with van der Waals surface area (Å²) in [7, 11) is 3.07. The highest BCUT2D eigenvalue weighted by Crippen LogP contribution is 2.32. The lowest BCUT2D eigenvalue weighted by Crippen LogP contribution is -2.60. The maximum absolute atomic E-state index is 13.4. The molecule has 2 fully saturated rings. The topological polar surface area (TPSA) is 100 Å². The standard InChI is InChI=1S/C24H36N4O5/c1-6-15(2)21(26-24(31)25-19-10-9-18(32-4)13-20(19)33-5)23(30)27-11-12-28(16(3)14-27)22(29)17-7-8-17/h9-10,13,15-17,21H,6-8,11-12,14H2,1-5H3,(H2,25,26,31). The number of methoxy groups -OCH3 is 2. The third-order valence-corrected chi connectivity index (χ3v) is 6.57. The Kier molecular flexibility index (Phi) is 8.05. The molecule has 3 atom stereocenters. The summed E-state index contributed by atoms with van der Waals surface area (Å²) in [4.78, 5) is 42.4. The van der Waals surface area contributed by atoms with Gasteiger partial charge in [-0.2, -0.15) is 0 Å². The molecule has 0 radical (unpaired) electrons. The molecule has 0 spiro atoms. The number of benzene rings is 1. The van der Waals surface area contributed by atoms with E-state index in [-0.39, 0.29) is 29.7 Å². The molecule has 1 saturated carbocycles. The average Bonchev–Trinajstić information content (AvgIpc) is 3.67. The molecular formula is C24H36N4O5. The van der Waals surface area contributed by atoms with Crippen LogP contribution in [0, 0.1) is 11.8 Å². The molecule has 0 aromatic heterocycles. The van der Waals surface area contributed by atoms with Crippen molar-refractivity contribution in [3.63, 3.8) is 0 Å². The summed E-state index contributed by atoms with van der Waals surface area (Å²) in [5, 5.41) is 5.64. The number of urea groups is 1. The number of hydrogen-bond acceptors (Lipinski definition) is 5. The van der Waals surface area contributed by atoms with Crippen molar-refractivity contribution in [3.05, 3.63) is 18.2 Å². The first kappa shape index (κ1) is 24.7. The molecule has 0 bridgehead atoms. The van der Waals surface area contributed by atoms with E-state index in [1.54, 1.807) is 30.2 Å². The van der Waals surface area contributed by atoms with Crippen LogP contribution in [0.25, 0.3) is 0 Å². The Labute approximate surface area is 195 Å². The van der Waals surface area contributed by atoms with Crippen LogP contribution in [0.2, 0.25) is 0 Å². The minimum atomic E-state index is -0.669. The largest absolute Gasteiger partial charge is 0.497 e. The van der Waals surface area contributed by atoms with E-state index in [0.717, 1.165) is 19.3 Å². The lowest BCUT2D eigenvalue weighted by Gasteiger charge is -2.41. The van der Waals surface area contributed by atoms with E-state index < -0.39 is 12.1 Å². The molecule has 1 aromatic carbocycles. The van der Waals surface area contributed by atoms with Gasteiger partial charge in [0, 0.05) is 37.7 Å². The van der Waals surface area contributed by atoms with Gasteiger partial charge in [0.25, 0.3) is 0 Å². The van der Waals surface area contributed by atoms with Crippen molar-refractivity contribution in [2.24, 2.45) is 11.8 Å². The monoisotopic (exact) mass is 460 g/mol. The van der Waals surface area contributed by atoms with Crippen molar-refractivity contribution in [2.75, 3.05) is 39.2 Å². The molecular weight excluding hydrogens is 424 g/mol. The Bertz CT molecular complexity index is 872. The Morgan fingerprint density at radius 2 is 1.88 bits per heavy atom. The van der Waals surface area contributed by atoms with Gasteiger partial charge in [-0.05, 0) is 37.8 Å². The number of nitrogens with zero attached hydrogens (tertiary/aromatic N) is 2. The summed E-state index contributed by atoms with van der Waals surface area (Å²) < 4.78 is 10.5. The minimum absolute atomic E-state index is 0.0363. The van der Waals surface area contributed by atoms with Crippen molar-refractivity contribution in [2.45, 2.75) is 52.1 Å². The zero-order valence-corrected chi connectivity index (χ0v) is 20.2. The zero-order chi connectivity index (χ0) is 24.1. The molecule has 1 heterocycles. The van der Waals surface area contributed by atoms with Gasteiger partial charge < -0.3 is 29.9 Å². The Hall–Kier alpha value is -2.97. The number of carbonyl (C=O) groups excluding carboxylic acids is 3. The lowest BCUT2D eigenvalue weighted by molar-refractivity contribution is -0.144. The van der Waals surface area contributed by atoms with E-state index >= 15 is 0 Å². The van der Waals surface area contributed by atoms with Crippen LogP contribution in [0.15, 0.2) is 18.2 Å². The third-order valence-electron chi connectivity index (χ3n) is 6.57. The van der Waals surface area contributed by atoms with Crippen LogP contribution in [0.1, 0.15) is 40.0 Å². The number of anilines is 1. The molecule has 9 nitrogen and oxygen atoms in total. The number of nitrogens with one attached hydrogen (secondary N) is 2. The van der Waals surface area contributed by atoms with E-state index in [0.29, 0.717) is 36.8 Å². The van der Waals surface area contributed by atoms with Crippen molar-refractivity contribution >= 4 is 23.5 Å². The molecule has 1 aromatic rings. The van der Waals surface area contributed by atoms with Crippen molar-refractivity contribution in [3.8, 4) is 11.5 Å². The highest BCUT2D eigenvalue weighted by molar-refractivity contribution is 5.95. The van der Waals surface area contributed by atoms with E-state index in [1.165, 1.54) is 7.11 Å². The summed E-state index contributed by atoms with van der Waals surface area (Å²) in [6, 6.07) is 3.90. The van der Waals surface area contributed by atoms with Gasteiger partial charge in [0.15, 0.2) is 0 Å². The molecule has 2 N–H and O–H groups in total. The first-order valence-corrected chi connectivity index (χ1v) is 11.7. The van der Waals surface area contributed by atoms with Gasteiger partial charge in [-0.3, -0.25) is 9.59 Å². The molecule has 3 rings (SSSR count). The third kappa shape index (κ3) is 5.89. The van der Waals surface area contributed by atoms with Gasteiger partial charge in [-0.1, -0.05) is 20.3 Å². The number of amides is 4. The van der Waals surface area contributed by atoms with Gasteiger partial charge in [-0.15, -0.1) is 0 Å². The van der Waals surface area contributed by atoms with Gasteiger partial charge in [0.2, 0.25) is 11.8 Å². The smallest absolute Gasteiger partial charge is 0.320 e. The van der Waals surface area contributed by atoms with Crippen molar-refractivity contribution < 1.29 is 23.9 Å². The fraction of sp³-hybridized carbons (Fsp3) is 0.625. The fourth-order valence-electron chi connectivity index (χ4n) is 4.13. The molecule has 182 valence electrons. The summed E-state index contributed by atoms with van der Waals surface area (Å²) in [5.74, 6) is 1.27. The van der Waals surface area contributed by atoms with Gasteiger partial charge >= 0.3 is 6.03 Å². The van der Waals surface area contributed by atoms with Crippen LogP contribution < -0.4 is 20.1 Å². The number of piperazine rings is 1. The average molecular weight is 461 g/mol. The van der Waals surface area contributed by atoms with Crippen molar-refractivity contribution in [1.29, 1.82) is 0 Å². The van der Waals surface area contributed by atoms with Crippen LogP contribution in [0.5, 0.6) is 11.5 Å². The molecule has 2 aliphatic rings. The minimum Gasteiger partial charge on any atom is -0.497 e. The number of carbonyl (C=O) groups is 3. The molecule has 9 heteroatoms. The first-order chi connectivity index (χ1) is 15.8. The summed E-state index contributed by atoms with van der Waals surface area (Å²) in [6.07, 6.45) is 2.68. The number of rotatable bonds is 8. The maximum Gasteiger partial charge on any atom is 0.320 e. The SMILES string of the molecule is CCC(C)C(NC(=O)Nc1ccc(OC)cc1OC)C(=O)N1CCN(C(=O)C2CC2)C(C)C1. The van der Waals surface area contributed by atoms with Crippen molar-refractivity contribution in [1.82, 2.24) is 15.1 Å². The lowest BCUT2D eigenvalue weighted by atomic mass is 9.97. The second-order valence-corrected chi connectivity index (χ2v) is 8.97. The van der Waals surface area contributed by atoms with Crippen LogP contribution in [-0.2, 0) is 9.59 Å². The molecule has 1 saturated heterocycles. The molecule has 1 aliphatic carbocycles. The summed E-state index contributed by atoms with van der Waals surface area (Å²) in [6.45, 7) is 7.40. The number of ether oxygens (including phenoxy) is 2. The van der Waals surface area contributed by atoms with Crippen LogP contribution in [0.3, 0.4) is 0 Å². The van der Waals surface area contributed by atoms with Crippen LogP contribution >= 0.6 is 0 Å². The molecule has 33 heavy (non-hydrogen) atoms. The predicted octanol–water partition coefficient (Wildman–Crippen LogP) is 2.71. The predicted molar refractivity (Wildman–Crippen MR) is 125 cm³/mol. The van der Waals surface area contributed by atoms with Gasteiger partial charge in [0.05, 0.1) is 19.9 Å². The van der Waals surface area contributed by atoms with Crippen LogP contribution in [-0.4, -0.2) is 73.6 Å². The van der Waals surface area contributed by atoms with Crippen LogP contribution in [0.4, 0.5) is 10.5 Å². The highest BCUT2D eigenvalue weighted by atomic mass is 16.5. The maximum atomic E-state index is 13.4. The van der Waals surface area contributed by atoms with Gasteiger partial charge in [-0.25, -0.2) is 4.79 Å². The highest BCUT2D eigenvalue weighted by Gasteiger charge is 2.39. The zero-order valence-electron chi connectivity index (χ0n) is 20.2. The van der Waals surface area contributed by atoms with E-state index in [9.17, 15) is 14.4 Å². The fourth-order valence-corrected chi connectivity index (χ4v) is 4.13. The van der Waals surface area contributed by atoms with E-state index in [1.807, 2.05) is 25.7 Å². The Balaban J connectivity index is 1.65. The van der Waals surface area contributed by atoms with E-state index in [2.05, 4.69) is 10.6 Å². The normalized spacial score (nSPS) is 20.0. The summed E-state index contributed by atoms with van der Waals surface area (Å²) in [5.41, 5.74) is 0.479. The Morgan fingerprint density at radius 1 is 1.15 bits per heavy atom. The second kappa shape index (κ2) is 10.8. The Morgan fingerprint density at radius 3 is 2.45 bits per heavy atom. The molecule has 4 amide bonds. The van der Waals surface area contributed by atoms with Gasteiger partial charge in [0.1, 0.15) is 17.5 Å². The summed E-state index contributed by atoms with van der Waals surface area (Å²) >= 11 is 0. The second-order valence-electron chi connectivity index (χ2n) is 8.97. The molecule has 3 unspecified atom stereocenters. The quantitative estimate of drug-likeness (QED) is 0.621. The first-order valence-electron chi connectivity index (χ1n) is 11.7. The van der Waals surface area contributed by atoms with E-state index in [4.69, 9.17) is 9.47 Å². The molecule has 1 aliphatic heterocycles. The number of hydrogen-bond donors (Lipinski definition) is 2.